The maximum atomic E-state index is 10.6. The predicted molar refractivity (Wildman–Crippen MR) is 104 cm³/mol. The molecule has 1 saturated heterocycles. The number of aliphatic hydroxyl groups excluding tert-OH is 4. The van der Waals surface area contributed by atoms with E-state index in [9.17, 15) is 20.4 Å². The normalized spacial score (nSPS) is 30.2. The Bertz CT molecular complexity index is 785. The highest BCUT2D eigenvalue weighted by Gasteiger charge is 2.55. The van der Waals surface area contributed by atoms with Crippen LogP contribution in [0.25, 0.3) is 0 Å². The summed E-state index contributed by atoms with van der Waals surface area (Å²) in [5, 5.41) is 40.4. The van der Waals surface area contributed by atoms with E-state index >= 15 is 0 Å². The van der Waals surface area contributed by atoms with Crippen molar-refractivity contribution in [3.63, 3.8) is 0 Å². The summed E-state index contributed by atoms with van der Waals surface area (Å²) in [6.45, 7) is -0.306. The Hall–Kier alpha value is -1.52. The van der Waals surface area contributed by atoms with Gasteiger partial charge < -0.3 is 34.6 Å². The van der Waals surface area contributed by atoms with Crippen molar-refractivity contribution in [3.8, 4) is 5.75 Å². The molecule has 0 radical (unpaired) electrons. The van der Waals surface area contributed by atoms with Gasteiger partial charge in [0.1, 0.15) is 36.8 Å². The molecule has 0 amide bonds. The lowest BCUT2D eigenvalue weighted by Crippen LogP contribution is -2.64. The van der Waals surface area contributed by atoms with Crippen molar-refractivity contribution in [2.24, 2.45) is 0 Å². The van der Waals surface area contributed by atoms with Gasteiger partial charge in [-0.1, -0.05) is 40.2 Å². The van der Waals surface area contributed by atoms with Crippen molar-refractivity contribution in [2.75, 3.05) is 13.7 Å². The fourth-order valence-corrected chi connectivity index (χ4v) is 3.61. The second-order valence-electron chi connectivity index (χ2n) is 6.54. The number of halogens is 1. The zero-order chi connectivity index (χ0) is 20.3. The molecule has 7 nitrogen and oxygen atoms in total. The number of para-hydroxylation sites is 1. The quantitative estimate of drug-likeness (QED) is 0.520. The average molecular weight is 455 g/mol. The Morgan fingerprint density at radius 3 is 2.43 bits per heavy atom. The first-order chi connectivity index (χ1) is 13.4. The van der Waals surface area contributed by atoms with Crippen LogP contribution in [0.4, 0.5) is 0 Å². The molecule has 0 bridgehead atoms. The lowest BCUT2D eigenvalue weighted by atomic mass is 9.87. The number of ether oxygens (including phenoxy) is 3. The molecule has 3 rings (SSSR count). The van der Waals surface area contributed by atoms with E-state index in [0.29, 0.717) is 11.3 Å². The van der Waals surface area contributed by atoms with Crippen molar-refractivity contribution in [3.05, 3.63) is 64.1 Å². The highest BCUT2D eigenvalue weighted by atomic mass is 79.9. The lowest BCUT2D eigenvalue weighted by Gasteiger charge is -2.47. The average Bonchev–Trinajstić information content (AvgIpc) is 2.73. The molecule has 28 heavy (non-hydrogen) atoms. The molecule has 2 aromatic carbocycles. The van der Waals surface area contributed by atoms with Crippen LogP contribution in [0.5, 0.6) is 5.75 Å². The molecular weight excluding hydrogens is 432 g/mol. The molecule has 8 heteroatoms. The summed E-state index contributed by atoms with van der Waals surface area (Å²) in [6.07, 6.45) is -5.69. The van der Waals surface area contributed by atoms with Crippen LogP contribution in [0, 0.1) is 0 Å². The topological polar surface area (TPSA) is 109 Å². The van der Waals surface area contributed by atoms with Crippen LogP contribution in [0.15, 0.2) is 53.0 Å². The molecular formula is C20H23BrO7. The molecule has 1 heterocycles. The maximum absolute atomic E-state index is 10.6. The summed E-state index contributed by atoms with van der Waals surface area (Å²) < 4.78 is 17.8. The summed E-state index contributed by atoms with van der Waals surface area (Å²) in [5.74, 6) is -1.05. The number of benzene rings is 2. The summed E-state index contributed by atoms with van der Waals surface area (Å²) in [7, 11) is 1.32. The van der Waals surface area contributed by atoms with E-state index in [-0.39, 0.29) is 6.61 Å². The summed E-state index contributed by atoms with van der Waals surface area (Å²) in [4.78, 5) is 0. The van der Waals surface area contributed by atoms with E-state index in [1.54, 1.807) is 18.2 Å². The van der Waals surface area contributed by atoms with Crippen LogP contribution in [0.3, 0.4) is 0 Å². The van der Waals surface area contributed by atoms with Gasteiger partial charge in [0.25, 0.3) is 0 Å². The smallest absolute Gasteiger partial charge is 0.224 e. The Kier molecular flexibility index (Phi) is 6.72. The van der Waals surface area contributed by atoms with Gasteiger partial charge in [-0.2, -0.15) is 0 Å². The van der Waals surface area contributed by atoms with Gasteiger partial charge in [0.15, 0.2) is 0 Å². The van der Waals surface area contributed by atoms with Gasteiger partial charge in [-0.05, 0) is 24.3 Å². The minimum atomic E-state index is -1.76. The molecule has 0 aliphatic carbocycles. The Morgan fingerprint density at radius 2 is 1.79 bits per heavy atom. The predicted octanol–water partition coefficient (Wildman–Crippen LogP) is 1.30. The molecule has 1 unspecified atom stereocenters. The molecule has 0 saturated carbocycles. The minimum Gasteiger partial charge on any atom is -0.489 e. The van der Waals surface area contributed by atoms with Crippen LogP contribution in [0.2, 0.25) is 0 Å². The van der Waals surface area contributed by atoms with Gasteiger partial charge in [0.2, 0.25) is 5.79 Å². The Morgan fingerprint density at radius 1 is 1.07 bits per heavy atom. The molecule has 0 aromatic heterocycles. The van der Waals surface area contributed by atoms with Crippen molar-refractivity contribution < 1.29 is 34.6 Å². The Labute approximate surface area is 171 Å². The van der Waals surface area contributed by atoms with Crippen molar-refractivity contribution in [2.45, 2.75) is 36.8 Å². The monoisotopic (exact) mass is 454 g/mol. The number of rotatable bonds is 6. The summed E-state index contributed by atoms with van der Waals surface area (Å²) in [6, 6.07) is 14.5. The minimum absolute atomic E-state index is 0.239. The summed E-state index contributed by atoms with van der Waals surface area (Å²) in [5.41, 5.74) is 1.18. The number of hydrogen-bond acceptors (Lipinski definition) is 7. The SMILES string of the molecule is CO[C@@]1(c2ccc(Br)c(COc3ccccc3)c2)O[C@H](CO)[C@@H](O)C(O)[C@H]1O. The molecule has 1 fully saturated rings. The molecule has 1 aliphatic heterocycles. The molecule has 1 aliphatic rings. The van der Waals surface area contributed by atoms with Crippen molar-refractivity contribution in [1.82, 2.24) is 0 Å². The number of hydrogen-bond donors (Lipinski definition) is 4. The first kappa shape index (κ1) is 21.2. The highest BCUT2D eigenvalue weighted by molar-refractivity contribution is 9.10. The lowest BCUT2D eigenvalue weighted by molar-refractivity contribution is -0.366. The van der Waals surface area contributed by atoms with Crippen LogP contribution in [0.1, 0.15) is 11.1 Å². The molecule has 0 spiro atoms. The van der Waals surface area contributed by atoms with Crippen LogP contribution in [-0.4, -0.2) is 58.6 Å². The zero-order valence-electron chi connectivity index (χ0n) is 15.2. The maximum Gasteiger partial charge on any atom is 0.224 e. The van der Waals surface area contributed by atoms with Gasteiger partial charge in [-0.3, -0.25) is 0 Å². The zero-order valence-corrected chi connectivity index (χ0v) is 16.8. The second-order valence-corrected chi connectivity index (χ2v) is 7.40. The fourth-order valence-electron chi connectivity index (χ4n) is 3.25. The van der Waals surface area contributed by atoms with E-state index in [0.717, 1.165) is 10.0 Å². The third-order valence-corrected chi connectivity index (χ3v) is 5.61. The van der Waals surface area contributed by atoms with Crippen LogP contribution in [-0.2, 0) is 21.9 Å². The number of aliphatic hydroxyl groups is 4. The standard InChI is InChI=1S/C20H23BrO7/c1-26-20(19(25)18(24)17(23)16(10-22)28-20)13-7-8-15(21)12(9-13)11-27-14-5-3-2-4-6-14/h2-9,16-19,22-25H,10-11H2,1H3/t16-,17-,18?,19-,20+/m1/s1. The van der Waals surface area contributed by atoms with Gasteiger partial charge in [-0.25, -0.2) is 0 Å². The third-order valence-electron chi connectivity index (χ3n) is 4.84. The number of methoxy groups -OCH3 is 1. The van der Waals surface area contributed by atoms with Crippen molar-refractivity contribution >= 4 is 15.9 Å². The van der Waals surface area contributed by atoms with E-state index in [4.69, 9.17) is 14.2 Å². The summed E-state index contributed by atoms with van der Waals surface area (Å²) >= 11 is 3.48. The molecule has 152 valence electrons. The molecule has 2 aromatic rings. The van der Waals surface area contributed by atoms with Crippen LogP contribution < -0.4 is 4.74 Å². The first-order valence-electron chi connectivity index (χ1n) is 8.77. The fraction of sp³-hybridized carbons (Fsp3) is 0.400. The molecule has 5 atom stereocenters. The van der Waals surface area contributed by atoms with Gasteiger partial charge in [0.05, 0.1) is 6.61 Å². The van der Waals surface area contributed by atoms with E-state index in [1.807, 2.05) is 30.3 Å². The second kappa shape index (κ2) is 8.87. The highest BCUT2D eigenvalue weighted by Crippen LogP contribution is 2.40. The van der Waals surface area contributed by atoms with E-state index in [1.165, 1.54) is 7.11 Å². The largest absolute Gasteiger partial charge is 0.489 e. The van der Waals surface area contributed by atoms with Gasteiger partial charge in [-0.15, -0.1) is 0 Å². The van der Waals surface area contributed by atoms with Crippen LogP contribution >= 0.6 is 15.9 Å². The molecule has 4 N–H and O–H groups in total. The Balaban J connectivity index is 1.92. The first-order valence-corrected chi connectivity index (χ1v) is 9.57. The van der Waals surface area contributed by atoms with E-state index < -0.39 is 36.8 Å². The van der Waals surface area contributed by atoms with Crippen molar-refractivity contribution in [1.29, 1.82) is 0 Å². The van der Waals surface area contributed by atoms with Gasteiger partial charge >= 0.3 is 0 Å². The van der Waals surface area contributed by atoms with Gasteiger partial charge in [0, 0.05) is 22.7 Å². The third kappa shape index (κ3) is 3.95. The van der Waals surface area contributed by atoms with E-state index in [2.05, 4.69) is 15.9 Å².